The summed E-state index contributed by atoms with van der Waals surface area (Å²) in [4.78, 5) is 13.2. The molecule has 4 nitrogen and oxygen atoms in total. The molecule has 1 amide bonds. The smallest absolute Gasteiger partial charge is 0.233 e. The lowest BCUT2D eigenvalue weighted by Crippen LogP contribution is -2.47. The molecule has 0 unspecified atom stereocenters. The first-order valence-electron chi connectivity index (χ1n) is 4.26. The van der Waals surface area contributed by atoms with Crippen molar-refractivity contribution < 1.29 is 9.53 Å². The highest BCUT2D eigenvalue weighted by molar-refractivity contribution is 5.77. The third-order valence-corrected chi connectivity index (χ3v) is 2.13. The molecule has 1 N–H and O–H groups in total. The molecule has 1 saturated heterocycles. The minimum Gasteiger partial charge on any atom is -0.379 e. The Morgan fingerprint density at radius 1 is 1.75 bits per heavy atom. The zero-order chi connectivity index (χ0) is 8.97. The molecular weight excluding hydrogens is 156 g/mol. The number of hydrogen-bond acceptors (Lipinski definition) is 3. The Bertz CT molecular complexity index is 161. The van der Waals surface area contributed by atoms with Gasteiger partial charge in [0, 0.05) is 19.6 Å². The van der Waals surface area contributed by atoms with Crippen LogP contribution in [0.5, 0.6) is 0 Å². The van der Waals surface area contributed by atoms with Crippen molar-refractivity contribution in [1.82, 2.24) is 10.2 Å². The van der Waals surface area contributed by atoms with Gasteiger partial charge in [0.1, 0.15) is 0 Å². The van der Waals surface area contributed by atoms with Crippen LogP contribution in [0, 0.1) is 0 Å². The zero-order valence-electron chi connectivity index (χ0n) is 7.67. The second kappa shape index (κ2) is 4.42. The Morgan fingerprint density at radius 2 is 2.50 bits per heavy atom. The topological polar surface area (TPSA) is 41.6 Å². The Balaban J connectivity index is 2.33. The molecule has 0 aromatic rings. The largest absolute Gasteiger partial charge is 0.379 e. The molecule has 1 fully saturated rings. The fourth-order valence-electron chi connectivity index (χ4n) is 1.26. The number of carbonyl (C=O) groups excluding carboxylic acids is 1. The molecule has 0 aromatic carbocycles. The van der Waals surface area contributed by atoms with E-state index in [1.54, 1.807) is 7.05 Å². The summed E-state index contributed by atoms with van der Waals surface area (Å²) in [6, 6.07) is 0.357. The first-order chi connectivity index (χ1) is 5.74. The van der Waals surface area contributed by atoms with Gasteiger partial charge >= 0.3 is 0 Å². The van der Waals surface area contributed by atoms with Gasteiger partial charge < -0.3 is 10.1 Å². The van der Waals surface area contributed by atoms with Crippen molar-refractivity contribution in [3.05, 3.63) is 0 Å². The summed E-state index contributed by atoms with van der Waals surface area (Å²) in [5, 5.41) is 2.61. The zero-order valence-corrected chi connectivity index (χ0v) is 7.67. The summed E-state index contributed by atoms with van der Waals surface area (Å²) in [6.07, 6.45) is 0. The third kappa shape index (κ3) is 2.46. The van der Waals surface area contributed by atoms with Crippen LogP contribution in [-0.2, 0) is 9.53 Å². The number of ether oxygens (including phenoxy) is 1. The first-order valence-corrected chi connectivity index (χ1v) is 4.26. The summed E-state index contributed by atoms with van der Waals surface area (Å²) in [6.45, 7) is 4.88. The van der Waals surface area contributed by atoms with Gasteiger partial charge in [0.25, 0.3) is 0 Å². The quantitative estimate of drug-likeness (QED) is 0.608. The summed E-state index contributed by atoms with van der Waals surface area (Å²) in [7, 11) is 1.66. The summed E-state index contributed by atoms with van der Waals surface area (Å²) in [5.74, 6) is 0.0729. The molecule has 70 valence electrons. The Kier molecular flexibility index (Phi) is 3.49. The van der Waals surface area contributed by atoms with Crippen molar-refractivity contribution in [1.29, 1.82) is 0 Å². The molecule has 1 heterocycles. The molecule has 1 aliphatic rings. The van der Waals surface area contributed by atoms with Crippen LogP contribution in [0.4, 0.5) is 0 Å². The molecule has 0 radical (unpaired) electrons. The van der Waals surface area contributed by atoms with E-state index in [1.165, 1.54) is 0 Å². The van der Waals surface area contributed by atoms with Crippen LogP contribution in [0.25, 0.3) is 0 Å². The maximum atomic E-state index is 11.0. The van der Waals surface area contributed by atoms with E-state index >= 15 is 0 Å². The van der Waals surface area contributed by atoms with Gasteiger partial charge in [-0.05, 0) is 6.92 Å². The van der Waals surface area contributed by atoms with E-state index in [4.69, 9.17) is 4.74 Å². The standard InChI is InChI=1S/C8H16N2O2/c1-7-6-12-4-3-10(7)5-8(11)9-2/h7H,3-6H2,1-2H3,(H,9,11)/t7-/m1/s1. The van der Waals surface area contributed by atoms with Gasteiger partial charge in [0.2, 0.25) is 5.91 Å². The molecular formula is C8H16N2O2. The first kappa shape index (κ1) is 9.48. The highest BCUT2D eigenvalue weighted by atomic mass is 16.5. The minimum absolute atomic E-state index is 0.0729. The van der Waals surface area contributed by atoms with Crippen LogP contribution >= 0.6 is 0 Å². The molecule has 1 atom stereocenters. The Labute approximate surface area is 72.9 Å². The van der Waals surface area contributed by atoms with Crippen molar-refractivity contribution in [3.63, 3.8) is 0 Å². The van der Waals surface area contributed by atoms with Crippen molar-refractivity contribution in [2.75, 3.05) is 33.4 Å². The predicted octanol–water partition coefficient (Wildman–Crippen LogP) is -0.547. The van der Waals surface area contributed by atoms with E-state index in [1.807, 2.05) is 0 Å². The van der Waals surface area contributed by atoms with Crippen LogP contribution in [0.1, 0.15) is 6.92 Å². The highest BCUT2D eigenvalue weighted by Gasteiger charge is 2.20. The number of rotatable bonds is 2. The maximum absolute atomic E-state index is 11.0. The maximum Gasteiger partial charge on any atom is 0.233 e. The van der Waals surface area contributed by atoms with Crippen LogP contribution in [0.3, 0.4) is 0 Å². The number of morpholine rings is 1. The Morgan fingerprint density at radius 3 is 3.08 bits per heavy atom. The molecule has 1 aliphatic heterocycles. The summed E-state index contributed by atoms with van der Waals surface area (Å²) >= 11 is 0. The molecule has 0 spiro atoms. The fourth-order valence-corrected chi connectivity index (χ4v) is 1.26. The van der Waals surface area contributed by atoms with Crippen molar-refractivity contribution in [2.24, 2.45) is 0 Å². The molecule has 12 heavy (non-hydrogen) atoms. The highest BCUT2D eigenvalue weighted by Crippen LogP contribution is 2.04. The molecule has 0 aliphatic carbocycles. The predicted molar refractivity (Wildman–Crippen MR) is 45.9 cm³/mol. The molecule has 0 bridgehead atoms. The van der Waals surface area contributed by atoms with Gasteiger partial charge in [-0.25, -0.2) is 0 Å². The lowest BCUT2D eigenvalue weighted by molar-refractivity contribution is -0.123. The van der Waals surface area contributed by atoms with Gasteiger partial charge in [0.05, 0.1) is 19.8 Å². The van der Waals surface area contributed by atoms with E-state index in [-0.39, 0.29) is 5.91 Å². The average molecular weight is 172 g/mol. The lowest BCUT2D eigenvalue weighted by atomic mass is 10.2. The minimum atomic E-state index is 0.0729. The van der Waals surface area contributed by atoms with Crippen molar-refractivity contribution in [3.8, 4) is 0 Å². The number of nitrogens with zero attached hydrogens (tertiary/aromatic N) is 1. The third-order valence-electron chi connectivity index (χ3n) is 2.13. The van der Waals surface area contributed by atoms with E-state index in [2.05, 4.69) is 17.1 Å². The van der Waals surface area contributed by atoms with Gasteiger partial charge in [0.15, 0.2) is 0 Å². The van der Waals surface area contributed by atoms with Crippen molar-refractivity contribution >= 4 is 5.91 Å². The Hall–Kier alpha value is -0.610. The van der Waals surface area contributed by atoms with Crippen LogP contribution in [0.2, 0.25) is 0 Å². The average Bonchev–Trinajstić information content (AvgIpc) is 2.09. The number of carbonyl (C=O) groups is 1. The molecule has 1 rings (SSSR count). The number of hydrogen-bond donors (Lipinski definition) is 1. The van der Waals surface area contributed by atoms with Gasteiger partial charge in [-0.3, -0.25) is 9.69 Å². The van der Waals surface area contributed by atoms with E-state index in [0.29, 0.717) is 12.6 Å². The second-order valence-corrected chi connectivity index (χ2v) is 3.07. The monoisotopic (exact) mass is 172 g/mol. The van der Waals surface area contributed by atoms with Crippen LogP contribution in [-0.4, -0.2) is 50.2 Å². The fraction of sp³-hybridized carbons (Fsp3) is 0.875. The van der Waals surface area contributed by atoms with Crippen LogP contribution < -0.4 is 5.32 Å². The number of likely N-dealkylation sites (N-methyl/N-ethyl adjacent to an activating group) is 1. The van der Waals surface area contributed by atoms with Crippen molar-refractivity contribution in [2.45, 2.75) is 13.0 Å². The molecule has 0 aromatic heterocycles. The van der Waals surface area contributed by atoms with Gasteiger partial charge in [-0.1, -0.05) is 0 Å². The molecule has 4 heteroatoms. The SMILES string of the molecule is CNC(=O)CN1CCOC[C@H]1C. The number of amides is 1. The summed E-state index contributed by atoms with van der Waals surface area (Å²) < 4.78 is 5.25. The lowest BCUT2D eigenvalue weighted by Gasteiger charge is -2.32. The van der Waals surface area contributed by atoms with E-state index in [9.17, 15) is 4.79 Å². The molecule has 0 saturated carbocycles. The summed E-state index contributed by atoms with van der Waals surface area (Å²) in [5.41, 5.74) is 0. The normalized spacial score (nSPS) is 25.3. The van der Waals surface area contributed by atoms with E-state index < -0.39 is 0 Å². The number of nitrogens with one attached hydrogen (secondary N) is 1. The van der Waals surface area contributed by atoms with E-state index in [0.717, 1.165) is 19.8 Å². The van der Waals surface area contributed by atoms with Crippen LogP contribution in [0.15, 0.2) is 0 Å². The van der Waals surface area contributed by atoms with Gasteiger partial charge in [-0.2, -0.15) is 0 Å². The van der Waals surface area contributed by atoms with Gasteiger partial charge in [-0.15, -0.1) is 0 Å². The second-order valence-electron chi connectivity index (χ2n) is 3.07.